The summed E-state index contributed by atoms with van der Waals surface area (Å²) in [5.74, 6) is -0.434. The summed E-state index contributed by atoms with van der Waals surface area (Å²) in [7, 11) is 0. The molecule has 0 aromatic heterocycles. The summed E-state index contributed by atoms with van der Waals surface area (Å²) < 4.78 is 39.3. The zero-order valence-electron chi connectivity index (χ0n) is 7.88. The summed E-state index contributed by atoms with van der Waals surface area (Å²) in [5, 5.41) is 17.1. The second-order valence-electron chi connectivity index (χ2n) is 2.81. The fourth-order valence-corrected chi connectivity index (χ4v) is 1.11. The van der Waals surface area contributed by atoms with Crippen molar-refractivity contribution in [3.8, 4) is 17.9 Å². The van der Waals surface area contributed by atoms with Gasteiger partial charge >= 0.3 is 6.36 Å². The van der Waals surface area contributed by atoms with Crippen molar-refractivity contribution in [3.05, 3.63) is 29.3 Å². The third-order valence-corrected chi connectivity index (χ3v) is 1.70. The molecule has 0 fully saturated rings. The van der Waals surface area contributed by atoms with Crippen molar-refractivity contribution in [3.63, 3.8) is 0 Å². The Hall–Kier alpha value is -2.21. The van der Waals surface area contributed by atoms with Crippen molar-refractivity contribution in [1.82, 2.24) is 0 Å². The number of hydrogen-bond acceptors (Lipinski definition) is 3. The predicted octanol–water partition coefficient (Wildman–Crippen LogP) is 2.52. The van der Waals surface area contributed by atoms with E-state index in [-0.39, 0.29) is 17.5 Å². The third kappa shape index (κ3) is 3.18. The van der Waals surface area contributed by atoms with E-state index in [0.717, 1.165) is 12.1 Å². The first-order chi connectivity index (χ1) is 7.46. The number of nitrogens with zero attached hydrogens (tertiary/aromatic N) is 2. The number of benzene rings is 1. The van der Waals surface area contributed by atoms with Gasteiger partial charge in [-0.15, -0.1) is 13.2 Å². The number of halogens is 3. The molecule has 0 aliphatic heterocycles. The normalized spacial score (nSPS) is 10.3. The molecule has 6 heteroatoms. The van der Waals surface area contributed by atoms with Crippen molar-refractivity contribution in [2.24, 2.45) is 0 Å². The highest BCUT2D eigenvalue weighted by molar-refractivity contribution is 5.43. The summed E-state index contributed by atoms with van der Waals surface area (Å²) in [6.07, 6.45) is -4.92. The van der Waals surface area contributed by atoms with Crippen molar-refractivity contribution in [1.29, 1.82) is 10.5 Å². The van der Waals surface area contributed by atoms with Crippen LogP contribution in [0.4, 0.5) is 13.2 Å². The zero-order valence-corrected chi connectivity index (χ0v) is 7.88. The van der Waals surface area contributed by atoms with Gasteiger partial charge in [-0.05, 0) is 23.8 Å². The molecule has 16 heavy (non-hydrogen) atoms. The van der Waals surface area contributed by atoms with Gasteiger partial charge < -0.3 is 4.74 Å². The molecule has 0 aliphatic rings. The van der Waals surface area contributed by atoms with Gasteiger partial charge in [0, 0.05) is 0 Å². The lowest BCUT2D eigenvalue weighted by atomic mass is 10.1. The van der Waals surface area contributed by atoms with Crippen LogP contribution in [0.25, 0.3) is 0 Å². The molecule has 0 saturated carbocycles. The Balaban J connectivity index is 3.04. The summed E-state index contributed by atoms with van der Waals surface area (Å²) in [6, 6.07) is 6.80. The van der Waals surface area contributed by atoms with E-state index in [4.69, 9.17) is 10.5 Å². The molecule has 1 rings (SSSR count). The fourth-order valence-electron chi connectivity index (χ4n) is 1.11. The lowest BCUT2D eigenvalue weighted by Crippen LogP contribution is -2.17. The first kappa shape index (κ1) is 11.9. The number of alkyl halides is 3. The van der Waals surface area contributed by atoms with Gasteiger partial charge in [0.25, 0.3) is 0 Å². The average molecular weight is 226 g/mol. The van der Waals surface area contributed by atoms with Crippen LogP contribution < -0.4 is 4.74 Å². The van der Waals surface area contributed by atoms with Crippen LogP contribution in [0.1, 0.15) is 11.1 Å². The van der Waals surface area contributed by atoms with Gasteiger partial charge in [-0.3, -0.25) is 0 Å². The third-order valence-electron chi connectivity index (χ3n) is 1.70. The maximum absolute atomic E-state index is 11.9. The molecule has 0 heterocycles. The summed E-state index contributed by atoms with van der Waals surface area (Å²) in [4.78, 5) is 0. The molecule has 3 nitrogen and oxygen atoms in total. The summed E-state index contributed by atoms with van der Waals surface area (Å²) in [6.45, 7) is 0. The van der Waals surface area contributed by atoms with Crippen molar-refractivity contribution in [2.75, 3.05) is 0 Å². The van der Waals surface area contributed by atoms with Gasteiger partial charge in [-0.1, -0.05) is 0 Å². The summed E-state index contributed by atoms with van der Waals surface area (Å²) >= 11 is 0. The van der Waals surface area contributed by atoms with Crippen LogP contribution in [0.5, 0.6) is 5.75 Å². The van der Waals surface area contributed by atoms with Gasteiger partial charge in [0.1, 0.15) is 5.75 Å². The van der Waals surface area contributed by atoms with Crippen molar-refractivity contribution in [2.45, 2.75) is 12.8 Å². The number of hydrogen-bond donors (Lipinski definition) is 0. The number of rotatable bonds is 2. The minimum Gasteiger partial charge on any atom is -0.406 e. The molecule has 82 valence electrons. The van der Waals surface area contributed by atoms with E-state index in [0.29, 0.717) is 0 Å². The van der Waals surface area contributed by atoms with E-state index in [1.165, 1.54) is 6.07 Å². The lowest BCUT2D eigenvalue weighted by Gasteiger charge is -2.09. The van der Waals surface area contributed by atoms with Crippen LogP contribution >= 0.6 is 0 Å². The Morgan fingerprint density at radius 1 is 1.25 bits per heavy atom. The predicted molar refractivity (Wildman–Crippen MR) is 47.2 cm³/mol. The molecule has 0 saturated heterocycles. The Morgan fingerprint density at radius 3 is 2.44 bits per heavy atom. The van der Waals surface area contributed by atoms with E-state index < -0.39 is 12.1 Å². The lowest BCUT2D eigenvalue weighted by molar-refractivity contribution is -0.274. The zero-order chi connectivity index (χ0) is 12.2. The molecule has 0 aliphatic carbocycles. The highest BCUT2D eigenvalue weighted by Gasteiger charge is 2.31. The quantitative estimate of drug-likeness (QED) is 0.778. The molecule has 1 aromatic rings. The van der Waals surface area contributed by atoms with Crippen LogP contribution in [0.15, 0.2) is 18.2 Å². The standard InChI is InChI=1S/C10H5F3N2O/c11-10(12,13)16-9-2-1-8(6-15)7(5-9)3-4-14/h1-2,5H,3H2. The van der Waals surface area contributed by atoms with E-state index in [1.54, 1.807) is 12.1 Å². The molecular weight excluding hydrogens is 221 g/mol. The van der Waals surface area contributed by atoms with Gasteiger partial charge in [0.15, 0.2) is 0 Å². The molecule has 0 bridgehead atoms. The van der Waals surface area contributed by atoms with E-state index in [9.17, 15) is 13.2 Å². The Labute approximate surface area is 89.3 Å². The monoisotopic (exact) mass is 226 g/mol. The maximum Gasteiger partial charge on any atom is 0.573 e. The first-order valence-corrected chi connectivity index (χ1v) is 4.12. The minimum atomic E-state index is -4.78. The van der Waals surface area contributed by atoms with Crippen LogP contribution in [0.2, 0.25) is 0 Å². The highest BCUT2D eigenvalue weighted by Crippen LogP contribution is 2.25. The smallest absolute Gasteiger partial charge is 0.406 e. The first-order valence-electron chi connectivity index (χ1n) is 4.12. The molecule has 0 unspecified atom stereocenters. The molecule has 1 aromatic carbocycles. The Morgan fingerprint density at radius 2 is 1.94 bits per heavy atom. The Bertz CT molecular complexity index is 468. The molecule has 0 N–H and O–H groups in total. The average Bonchev–Trinajstić information content (AvgIpc) is 2.16. The van der Waals surface area contributed by atoms with E-state index in [1.807, 2.05) is 0 Å². The minimum absolute atomic E-state index is 0.141. The van der Waals surface area contributed by atoms with Crippen LogP contribution in [-0.2, 0) is 6.42 Å². The second kappa shape index (κ2) is 4.54. The maximum atomic E-state index is 11.9. The van der Waals surface area contributed by atoms with Crippen LogP contribution in [0.3, 0.4) is 0 Å². The van der Waals surface area contributed by atoms with Gasteiger partial charge in [0.05, 0.1) is 24.1 Å². The number of ether oxygens (including phenoxy) is 1. The topological polar surface area (TPSA) is 56.8 Å². The number of nitriles is 2. The largest absolute Gasteiger partial charge is 0.573 e. The van der Waals surface area contributed by atoms with Crippen LogP contribution in [-0.4, -0.2) is 6.36 Å². The van der Waals surface area contributed by atoms with Crippen LogP contribution in [0, 0.1) is 22.7 Å². The SMILES string of the molecule is N#CCc1cc(OC(F)(F)F)ccc1C#N. The van der Waals surface area contributed by atoms with Crippen molar-refractivity contribution < 1.29 is 17.9 Å². The molecule has 0 spiro atoms. The molecule has 0 amide bonds. The fraction of sp³-hybridized carbons (Fsp3) is 0.200. The van der Waals surface area contributed by atoms with E-state index >= 15 is 0 Å². The molecular formula is C10H5F3N2O. The van der Waals surface area contributed by atoms with Crippen molar-refractivity contribution >= 4 is 0 Å². The molecule has 0 radical (unpaired) electrons. The highest BCUT2D eigenvalue weighted by atomic mass is 19.4. The van der Waals surface area contributed by atoms with Gasteiger partial charge in [-0.25, -0.2) is 0 Å². The van der Waals surface area contributed by atoms with Gasteiger partial charge in [-0.2, -0.15) is 10.5 Å². The molecule has 0 atom stereocenters. The van der Waals surface area contributed by atoms with E-state index in [2.05, 4.69) is 4.74 Å². The Kier molecular flexibility index (Phi) is 3.37. The van der Waals surface area contributed by atoms with Gasteiger partial charge in [0.2, 0.25) is 0 Å². The second-order valence-corrected chi connectivity index (χ2v) is 2.81. The summed E-state index contributed by atoms with van der Waals surface area (Å²) in [5.41, 5.74) is 0.378.